The molecule has 194 valence electrons. The number of piperazine rings is 1. The Labute approximate surface area is 226 Å². The quantitative estimate of drug-likeness (QED) is 0.319. The van der Waals surface area contributed by atoms with Crippen molar-refractivity contribution in [3.63, 3.8) is 0 Å². The molecule has 3 heterocycles. The predicted octanol–water partition coefficient (Wildman–Crippen LogP) is 5.30. The van der Waals surface area contributed by atoms with Gasteiger partial charge >= 0.3 is 0 Å². The average Bonchev–Trinajstić information content (AvgIpc) is 3.35. The van der Waals surface area contributed by atoms with Crippen LogP contribution < -0.4 is 4.90 Å². The molecular formula is C26H28Cl2N6O2S. The summed E-state index contributed by atoms with van der Waals surface area (Å²) in [6.07, 6.45) is 2.62. The highest BCUT2D eigenvalue weighted by Gasteiger charge is 2.30. The van der Waals surface area contributed by atoms with Crippen LogP contribution in [0.25, 0.3) is 17.0 Å². The van der Waals surface area contributed by atoms with Gasteiger partial charge < -0.3 is 4.90 Å². The number of sulfonamides is 1. The van der Waals surface area contributed by atoms with Crippen LogP contribution in [0.5, 0.6) is 0 Å². The number of halogens is 2. The summed E-state index contributed by atoms with van der Waals surface area (Å²) in [5, 5.41) is 5.77. The van der Waals surface area contributed by atoms with Crippen molar-refractivity contribution in [2.45, 2.75) is 37.5 Å². The van der Waals surface area contributed by atoms with Crippen LogP contribution in [-0.2, 0) is 15.4 Å². The summed E-state index contributed by atoms with van der Waals surface area (Å²) in [5.41, 5.74) is 2.57. The molecule has 0 amide bonds. The van der Waals surface area contributed by atoms with Crippen LogP contribution in [0, 0.1) is 0 Å². The molecular weight excluding hydrogens is 531 g/mol. The number of fused-ring (bicyclic) bond motifs is 1. The van der Waals surface area contributed by atoms with Gasteiger partial charge in [-0.2, -0.15) is 13.8 Å². The summed E-state index contributed by atoms with van der Waals surface area (Å²) in [7, 11) is -3.59. The first-order valence-corrected chi connectivity index (χ1v) is 14.3. The van der Waals surface area contributed by atoms with Crippen molar-refractivity contribution >= 4 is 45.0 Å². The summed E-state index contributed by atoms with van der Waals surface area (Å²) >= 11 is 12.6. The second kappa shape index (κ2) is 9.87. The Morgan fingerprint density at radius 2 is 1.68 bits per heavy atom. The molecule has 0 N–H and O–H groups in total. The van der Waals surface area contributed by atoms with Gasteiger partial charge in [0.1, 0.15) is 0 Å². The number of hydrogen-bond acceptors (Lipinski definition) is 6. The highest BCUT2D eigenvalue weighted by atomic mass is 35.5. The lowest BCUT2D eigenvalue weighted by atomic mass is 9.82. The summed E-state index contributed by atoms with van der Waals surface area (Å²) < 4.78 is 29.8. The lowest BCUT2D eigenvalue weighted by molar-refractivity contribution is 0.382. The fraction of sp³-hybridized carbons (Fsp3) is 0.346. The van der Waals surface area contributed by atoms with Crippen molar-refractivity contribution in [2.75, 3.05) is 31.1 Å². The second-order valence-electron chi connectivity index (χ2n) is 9.73. The third kappa shape index (κ3) is 4.93. The maximum atomic E-state index is 13.3. The van der Waals surface area contributed by atoms with Crippen LogP contribution >= 0.6 is 23.2 Å². The van der Waals surface area contributed by atoms with Crippen molar-refractivity contribution in [1.29, 1.82) is 0 Å². The molecule has 2 aromatic heterocycles. The second-order valence-corrected chi connectivity index (χ2v) is 12.5. The summed E-state index contributed by atoms with van der Waals surface area (Å²) in [6.45, 7) is 8.04. The van der Waals surface area contributed by atoms with Gasteiger partial charge in [-0.15, -0.1) is 5.10 Å². The Morgan fingerprint density at radius 3 is 2.35 bits per heavy atom. The number of nitrogens with zero attached hydrogens (tertiary/aromatic N) is 6. The Bertz CT molecular complexity index is 1550. The van der Waals surface area contributed by atoms with Crippen LogP contribution in [-0.4, -0.2) is 58.5 Å². The molecule has 1 aliphatic heterocycles. The topological polar surface area (TPSA) is 83.7 Å². The van der Waals surface area contributed by atoms with Crippen molar-refractivity contribution in [3.05, 3.63) is 70.3 Å². The molecule has 1 aliphatic rings. The Kier molecular flexibility index (Phi) is 6.91. The van der Waals surface area contributed by atoms with Crippen molar-refractivity contribution in [3.8, 4) is 11.3 Å². The van der Waals surface area contributed by atoms with E-state index in [-0.39, 0.29) is 5.41 Å². The molecule has 0 atom stereocenters. The number of rotatable bonds is 6. The first-order valence-electron chi connectivity index (χ1n) is 12.1. The van der Waals surface area contributed by atoms with Crippen molar-refractivity contribution < 1.29 is 8.42 Å². The van der Waals surface area contributed by atoms with E-state index in [2.05, 4.69) is 35.8 Å². The molecule has 0 spiro atoms. The van der Waals surface area contributed by atoms with E-state index in [1.165, 1.54) is 4.31 Å². The standard InChI is InChI=1S/C26H28Cl2N6O2S/c1-4-26(2,3)18-5-8-20(9-6-18)37(35,36)33-15-13-32(14-16-33)25-30-24-29-12-11-23(34(24)31-25)21-17-19(27)7-10-22(21)28/h5-12,17H,4,13-16H2,1-3H3. The molecule has 11 heteroatoms. The van der Waals surface area contributed by atoms with Crippen LogP contribution in [0.1, 0.15) is 32.8 Å². The van der Waals surface area contributed by atoms with Gasteiger partial charge in [0.05, 0.1) is 15.6 Å². The van der Waals surface area contributed by atoms with Gasteiger partial charge in [-0.25, -0.2) is 13.4 Å². The first-order chi connectivity index (χ1) is 17.6. The lowest BCUT2D eigenvalue weighted by Crippen LogP contribution is -2.49. The van der Waals surface area contributed by atoms with Crippen LogP contribution in [0.4, 0.5) is 5.95 Å². The van der Waals surface area contributed by atoms with E-state index in [1.54, 1.807) is 47.1 Å². The van der Waals surface area contributed by atoms with E-state index in [9.17, 15) is 8.42 Å². The maximum absolute atomic E-state index is 13.3. The van der Waals surface area contributed by atoms with Gasteiger partial charge in [0.2, 0.25) is 16.0 Å². The number of aromatic nitrogens is 4. The van der Waals surface area contributed by atoms with Gasteiger partial charge in [-0.3, -0.25) is 0 Å². The van der Waals surface area contributed by atoms with Gasteiger partial charge in [-0.05, 0) is 53.8 Å². The minimum atomic E-state index is -3.59. The van der Waals surface area contributed by atoms with Crippen molar-refractivity contribution in [1.82, 2.24) is 23.9 Å². The minimum absolute atomic E-state index is 0.00183. The van der Waals surface area contributed by atoms with Crippen LogP contribution in [0.3, 0.4) is 0 Å². The van der Waals surface area contributed by atoms with Gasteiger partial charge in [0.15, 0.2) is 0 Å². The van der Waals surface area contributed by atoms with E-state index in [1.807, 2.05) is 17.0 Å². The summed E-state index contributed by atoms with van der Waals surface area (Å²) in [5.74, 6) is 0.912. The predicted molar refractivity (Wildman–Crippen MR) is 147 cm³/mol. The molecule has 0 radical (unpaired) electrons. The number of anilines is 1. The SMILES string of the molecule is CCC(C)(C)c1ccc(S(=O)(=O)N2CCN(c3nc4nccc(-c5cc(Cl)ccc5Cl)n4n3)CC2)cc1. The Hall–Kier alpha value is -2.72. The molecule has 1 fully saturated rings. The van der Waals surface area contributed by atoms with Crippen LogP contribution in [0.15, 0.2) is 59.6 Å². The molecule has 0 saturated carbocycles. The minimum Gasteiger partial charge on any atom is -0.337 e. The zero-order chi connectivity index (χ0) is 26.4. The van der Waals surface area contributed by atoms with Crippen molar-refractivity contribution in [2.24, 2.45) is 0 Å². The molecule has 37 heavy (non-hydrogen) atoms. The normalized spacial score (nSPS) is 15.4. The van der Waals surface area contributed by atoms with E-state index in [0.717, 1.165) is 17.5 Å². The van der Waals surface area contributed by atoms with E-state index < -0.39 is 10.0 Å². The fourth-order valence-corrected chi connectivity index (χ4v) is 6.18. The van der Waals surface area contributed by atoms with E-state index in [4.69, 9.17) is 23.2 Å². The van der Waals surface area contributed by atoms with E-state index >= 15 is 0 Å². The molecule has 2 aromatic carbocycles. The van der Waals surface area contributed by atoms with Gasteiger partial charge in [0, 0.05) is 43.0 Å². The molecule has 4 aromatic rings. The molecule has 0 unspecified atom stereocenters. The van der Waals surface area contributed by atoms with Crippen LogP contribution in [0.2, 0.25) is 10.0 Å². The number of hydrogen-bond donors (Lipinski definition) is 0. The highest BCUT2D eigenvalue weighted by Crippen LogP contribution is 2.31. The zero-order valence-corrected chi connectivity index (χ0v) is 23.2. The monoisotopic (exact) mass is 558 g/mol. The third-order valence-corrected chi connectivity index (χ3v) is 9.59. The lowest BCUT2D eigenvalue weighted by Gasteiger charge is -2.33. The molecule has 8 nitrogen and oxygen atoms in total. The van der Waals surface area contributed by atoms with Gasteiger partial charge in [-0.1, -0.05) is 56.1 Å². The average molecular weight is 560 g/mol. The highest BCUT2D eigenvalue weighted by molar-refractivity contribution is 7.89. The van der Waals surface area contributed by atoms with Gasteiger partial charge in [0.25, 0.3) is 5.78 Å². The smallest absolute Gasteiger partial charge is 0.254 e. The molecule has 0 bridgehead atoms. The molecule has 5 rings (SSSR count). The largest absolute Gasteiger partial charge is 0.337 e. The summed E-state index contributed by atoms with van der Waals surface area (Å²) in [4.78, 5) is 11.2. The summed E-state index contributed by atoms with van der Waals surface area (Å²) in [6, 6.07) is 14.3. The molecule has 1 saturated heterocycles. The molecule has 0 aliphatic carbocycles. The fourth-order valence-electron chi connectivity index (χ4n) is 4.37. The number of benzene rings is 2. The third-order valence-electron chi connectivity index (χ3n) is 7.11. The first kappa shape index (κ1) is 25.9. The Balaban J connectivity index is 1.34. The Morgan fingerprint density at radius 1 is 0.973 bits per heavy atom. The van der Waals surface area contributed by atoms with E-state index in [0.29, 0.717) is 58.5 Å². The maximum Gasteiger partial charge on any atom is 0.254 e. The zero-order valence-electron chi connectivity index (χ0n) is 20.9.